The van der Waals surface area contributed by atoms with E-state index < -0.39 is 29.1 Å². The Labute approximate surface area is 112 Å². The molecule has 0 aliphatic carbocycles. The SMILES string of the molecule is CC(C)(C)[Si](C)(C)NS(=N)(=O)c1cc(F)c(F)s1. The minimum absolute atomic E-state index is 0.0951. The van der Waals surface area contributed by atoms with Gasteiger partial charge in [0.25, 0.3) is 0 Å². The molecule has 2 N–H and O–H groups in total. The molecule has 0 fully saturated rings. The molecule has 1 aromatic rings. The van der Waals surface area contributed by atoms with Crippen molar-refractivity contribution < 1.29 is 13.0 Å². The standard InChI is InChI=1S/C10H18F2N2OS2Si/c1-10(2,3)18(4,5)14-17(13,15)8-6-7(11)9(12)16-8/h6H,1-5H3,(H2,13,14,15). The molecule has 0 spiro atoms. The fourth-order valence-corrected chi connectivity index (χ4v) is 7.36. The molecule has 104 valence electrons. The summed E-state index contributed by atoms with van der Waals surface area (Å²) < 4.78 is 48.8. The van der Waals surface area contributed by atoms with Crippen molar-refractivity contribution in [3.63, 3.8) is 0 Å². The van der Waals surface area contributed by atoms with Crippen LogP contribution in [0.15, 0.2) is 10.3 Å². The molecule has 0 radical (unpaired) electrons. The Hall–Kier alpha value is -0.313. The van der Waals surface area contributed by atoms with Crippen LogP contribution in [0.5, 0.6) is 0 Å². The predicted molar refractivity (Wildman–Crippen MR) is 73.7 cm³/mol. The Morgan fingerprint density at radius 2 is 1.89 bits per heavy atom. The topological polar surface area (TPSA) is 53.0 Å². The average Bonchev–Trinajstić information content (AvgIpc) is 2.43. The maximum absolute atomic E-state index is 13.0. The van der Waals surface area contributed by atoms with Gasteiger partial charge >= 0.3 is 0 Å². The minimum Gasteiger partial charge on any atom is -0.248 e. The highest BCUT2D eigenvalue weighted by Crippen LogP contribution is 2.35. The van der Waals surface area contributed by atoms with E-state index in [4.69, 9.17) is 4.78 Å². The quantitative estimate of drug-likeness (QED) is 0.816. The third kappa shape index (κ3) is 3.17. The molecule has 1 heterocycles. The van der Waals surface area contributed by atoms with E-state index in [2.05, 4.69) is 4.39 Å². The van der Waals surface area contributed by atoms with Crippen molar-refractivity contribution >= 4 is 29.5 Å². The highest BCUT2D eigenvalue weighted by Gasteiger charge is 2.38. The van der Waals surface area contributed by atoms with E-state index in [-0.39, 0.29) is 9.25 Å². The van der Waals surface area contributed by atoms with E-state index in [0.29, 0.717) is 11.3 Å². The van der Waals surface area contributed by atoms with Crippen LogP contribution < -0.4 is 4.39 Å². The number of thiophene rings is 1. The molecule has 0 saturated carbocycles. The molecule has 0 aromatic carbocycles. The maximum atomic E-state index is 13.0. The molecule has 1 atom stereocenters. The van der Waals surface area contributed by atoms with Crippen LogP contribution in [0.2, 0.25) is 18.1 Å². The molecule has 8 heteroatoms. The summed E-state index contributed by atoms with van der Waals surface area (Å²) in [4.78, 5) is 0. The number of hydrogen-bond donors (Lipinski definition) is 2. The van der Waals surface area contributed by atoms with Gasteiger partial charge in [-0.25, -0.2) is 17.8 Å². The molecule has 0 saturated heterocycles. The summed E-state index contributed by atoms with van der Waals surface area (Å²) >= 11 is 0.428. The third-order valence-corrected chi connectivity index (χ3v) is 12.5. The Morgan fingerprint density at radius 3 is 2.22 bits per heavy atom. The monoisotopic (exact) mass is 312 g/mol. The molecular weight excluding hydrogens is 294 g/mol. The van der Waals surface area contributed by atoms with Gasteiger partial charge in [0, 0.05) is 6.07 Å². The minimum atomic E-state index is -3.35. The lowest BCUT2D eigenvalue weighted by Crippen LogP contribution is -2.53. The Balaban J connectivity index is 3.10. The normalized spacial score (nSPS) is 16.6. The van der Waals surface area contributed by atoms with Crippen molar-refractivity contribution in [3.8, 4) is 0 Å². The van der Waals surface area contributed by atoms with Crippen LogP contribution in [-0.2, 0) is 9.92 Å². The predicted octanol–water partition coefficient (Wildman–Crippen LogP) is 3.94. The number of hydrogen-bond acceptors (Lipinski definition) is 3. The summed E-state index contributed by atoms with van der Waals surface area (Å²) in [5.74, 6) is -1.05. The number of rotatable bonds is 3. The van der Waals surface area contributed by atoms with Gasteiger partial charge in [-0.1, -0.05) is 45.2 Å². The molecule has 0 aliphatic rings. The van der Waals surface area contributed by atoms with Gasteiger partial charge in [-0.3, -0.25) is 0 Å². The molecule has 1 unspecified atom stereocenters. The zero-order valence-electron chi connectivity index (χ0n) is 11.1. The van der Waals surface area contributed by atoms with Crippen molar-refractivity contribution in [1.82, 2.24) is 4.39 Å². The van der Waals surface area contributed by atoms with E-state index in [1.165, 1.54) is 0 Å². The largest absolute Gasteiger partial charge is 0.248 e. The number of nitrogens with one attached hydrogen (secondary N) is 2. The Bertz CT molecular complexity index is 527. The Kier molecular flexibility index (Phi) is 4.08. The molecule has 0 bridgehead atoms. The zero-order chi connectivity index (χ0) is 14.4. The van der Waals surface area contributed by atoms with Gasteiger partial charge in [-0.05, 0) is 5.04 Å². The first-order valence-corrected chi connectivity index (χ1v) is 10.8. The van der Waals surface area contributed by atoms with Crippen LogP contribution >= 0.6 is 11.3 Å². The van der Waals surface area contributed by atoms with Gasteiger partial charge in [0.05, 0.1) is 0 Å². The van der Waals surface area contributed by atoms with Crippen LogP contribution in [0.1, 0.15) is 20.8 Å². The average molecular weight is 312 g/mol. The first kappa shape index (κ1) is 15.7. The molecular formula is C10H18F2N2OS2Si. The lowest BCUT2D eigenvalue weighted by Gasteiger charge is -2.37. The van der Waals surface area contributed by atoms with Gasteiger partial charge in [0.1, 0.15) is 22.4 Å². The lowest BCUT2D eigenvalue weighted by molar-refractivity contribution is 0.530. The highest BCUT2D eigenvalue weighted by atomic mass is 32.2. The fourth-order valence-electron chi connectivity index (χ4n) is 1.03. The first-order valence-electron chi connectivity index (χ1n) is 5.39. The lowest BCUT2D eigenvalue weighted by atomic mass is 10.2. The molecule has 1 aromatic heterocycles. The van der Waals surface area contributed by atoms with Gasteiger partial charge in [0.2, 0.25) is 5.13 Å². The molecule has 0 amide bonds. The van der Waals surface area contributed by atoms with Crippen LogP contribution in [0.4, 0.5) is 8.78 Å². The van der Waals surface area contributed by atoms with Crippen LogP contribution in [0.3, 0.4) is 0 Å². The first-order chi connectivity index (χ1) is 7.87. The summed E-state index contributed by atoms with van der Waals surface area (Å²) in [5.41, 5.74) is 0. The van der Waals surface area contributed by atoms with Crippen molar-refractivity contribution in [3.05, 3.63) is 17.0 Å². The van der Waals surface area contributed by atoms with Crippen LogP contribution in [0, 0.1) is 15.7 Å². The van der Waals surface area contributed by atoms with E-state index in [1.807, 2.05) is 33.9 Å². The van der Waals surface area contributed by atoms with Gasteiger partial charge in [-0.15, -0.1) is 0 Å². The second-order valence-electron chi connectivity index (χ2n) is 5.72. The van der Waals surface area contributed by atoms with E-state index in [0.717, 1.165) is 6.07 Å². The van der Waals surface area contributed by atoms with Crippen molar-refractivity contribution in [2.24, 2.45) is 0 Å². The van der Waals surface area contributed by atoms with Gasteiger partial charge in [0.15, 0.2) is 5.82 Å². The fraction of sp³-hybridized carbons (Fsp3) is 0.600. The summed E-state index contributed by atoms with van der Waals surface area (Å²) in [6.07, 6.45) is 0. The van der Waals surface area contributed by atoms with Crippen molar-refractivity contribution in [2.75, 3.05) is 0 Å². The van der Waals surface area contributed by atoms with Gasteiger partial charge < -0.3 is 0 Å². The number of halogens is 2. The van der Waals surface area contributed by atoms with E-state index >= 15 is 0 Å². The second-order valence-corrected chi connectivity index (χ2v) is 14.1. The highest BCUT2D eigenvalue weighted by molar-refractivity contribution is 7.94. The van der Waals surface area contributed by atoms with Crippen LogP contribution in [-0.4, -0.2) is 12.4 Å². The van der Waals surface area contributed by atoms with Crippen LogP contribution in [0.25, 0.3) is 0 Å². The summed E-state index contributed by atoms with van der Waals surface area (Å²) in [5, 5.41) is -1.15. The molecule has 18 heavy (non-hydrogen) atoms. The smallest absolute Gasteiger partial charge is 0.213 e. The summed E-state index contributed by atoms with van der Waals surface area (Å²) in [7, 11) is -5.53. The second kappa shape index (κ2) is 4.66. The van der Waals surface area contributed by atoms with Gasteiger partial charge in [-0.2, -0.15) is 4.39 Å². The zero-order valence-corrected chi connectivity index (χ0v) is 13.7. The van der Waals surface area contributed by atoms with Crippen molar-refractivity contribution in [2.45, 2.75) is 43.1 Å². The summed E-state index contributed by atoms with van der Waals surface area (Å²) in [6.45, 7) is 9.88. The molecule has 0 aliphatic heterocycles. The van der Waals surface area contributed by atoms with Crippen molar-refractivity contribution in [1.29, 1.82) is 4.78 Å². The molecule has 1 rings (SSSR count). The van der Waals surface area contributed by atoms with E-state index in [9.17, 15) is 13.0 Å². The molecule has 3 nitrogen and oxygen atoms in total. The maximum Gasteiger partial charge on any atom is 0.213 e. The summed E-state index contributed by atoms with van der Waals surface area (Å²) in [6, 6.07) is 0.843. The Morgan fingerprint density at radius 1 is 1.39 bits per heavy atom. The third-order valence-electron chi connectivity index (χ3n) is 3.18. The van der Waals surface area contributed by atoms with E-state index in [1.54, 1.807) is 0 Å².